The predicted octanol–water partition coefficient (Wildman–Crippen LogP) is 3.94. The fraction of sp³-hybridized carbons (Fsp3) is 0.0667. The van der Waals surface area contributed by atoms with Crippen molar-refractivity contribution in [2.45, 2.75) is 6.18 Å². The summed E-state index contributed by atoms with van der Waals surface area (Å²) < 4.78 is 39.6. The third kappa shape index (κ3) is 3.57. The highest BCUT2D eigenvalue weighted by Gasteiger charge is 2.30. The van der Waals surface area contributed by atoms with Crippen molar-refractivity contribution in [3.8, 4) is 5.69 Å². The fourth-order valence-electron chi connectivity index (χ4n) is 2.13. The molecule has 0 saturated carbocycles. The van der Waals surface area contributed by atoms with Gasteiger partial charge in [0, 0.05) is 12.3 Å². The van der Waals surface area contributed by atoms with E-state index in [1.807, 2.05) is 0 Å². The maximum absolute atomic E-state index is 12.8. The second kappa shape index (κ2) is 6.23. The molecule has 1 aromatic carbocycles. The van der Waals surface area contributed by atoms with Crippen molar-refractivity contribution in [2.75, 3.05) is 5.32 Å². The lowest BCUT2D eigenvalue weighted by Gasteiger charge is -2.08. The average Bonchev–Trinajstić information content (AvgIpc) is 3.03. The van der Waals surface area contributed by atoms with Gasteiger partial charge in [-0.05, 0) is 24.3 Å². The Kier molecular flexibility index (Phi) is 4.09. The molecule has 0 saturated heterocycles. The first-order valence-electron chi connectivity index (χ1n) is 6.93. The number of rotatable bonds is 4. The van der Waals surface area contributed by atoms with E-state index in [4.69, 9.17) is 0 Å². The van der Waals surface area contributed by atoms with Crippen LogP contribution in [0.2, 0.25) is 0 Å². The van der Waals surface area contributed by atoms with Gasteiger partial charge < -0.3 is 5.32 Å². The molecule has 1 N–H and O–H groups in total. The Morgan fingerprint density at radius 1 is 1.20 bits per heavy atom. The van der Waals surface area contributed by atoms with Gasteiger partial charge in [0.25, 0.3) is 0 Å². The number of alkyl halides is 3. The highest BCUT2D eigenvalue weighted by atomic mass is 19.4. The predicted molar refractivity (Wildman–Crippen MR) is 82.7 cm³/mol. The molecule has 3 aromatic rings. The first kappa shape index (κ1) is 16.4. The standard InChI is InChI=1S/C15H10F3N5O2/c16-15(17,18)10-3-1-4-12(7-10)22-9-11(8-20-22)21-14-13(23(24)25)5-2-6-19-14/h1-9H,(H,19,21). The van der Waals surface area contributed by atoms with Gasteiger partial charge in [-0.3, -0.25) is 10.1 Å². The summed E-state index contributed by atoms with van der Waals surface area (Å²) in [6, 6.07) is 7.37. The van der Waals surface area contributed by atoms with E-state index in [1.165, 1.54) is 47.5 Å². The number of aromatic nitrogens is 3. The molecule has 0 aliphatic heterocycles. The van der Waals surface area contributed by atoms with Gasteiger partial charge in [0.05, 0.1) is 34.3 Å². The Morgan fingerprint density at radius 2 is 2.00 bits per heavy atom. The van der Waals surface area contributed by atoms with Crippen molar-refractivity contribution < 1.29 is 18.1 Å². The first-order chi connectivity index (χ1) is 11.8. The van der Waals surface area contributed by atoms with Crippen LogP contribution < -0.4 is 5.32 Å². The molecule has 2 heterocycles. The van der Waals surface area contributed by atoms with Gasteiger partial charge >= 0.3 is 11.9 Å². The van der Waals surface area contributed by atoms with Crippen molar-refractivity contribution in [1.29, 1.82) is 0 Å². The van der Waals surface area contributed by atoms with Crippen LogP contribution in [0.1, 0.15) is 5.56 Å². The van der Waals surface area contributed by atoms with Gasteiger partial charge in [0.1, 0.15) is 0 Å². The maximum atomic E-state index is 12.8. The van der Waals surface area contributed by atoms with Crippen molar-refractivity contribution in [2.24, 2.45) is 0 Å². The van der Waals surface area contributed by atoms with Gasteiger partial charge in [-0.1, -0.05) is 6.07 Å². The van der Waals surface area contributed by atoms with Crippen LogP contribution in [-0.4, -0.2) is 19.7 Å². The van der Waals surface area contributed by atoms with E-state index >= 15 is 0 Å². The smallest absolute Gasteiger partial charge is 0.332 e. The Bertz CT molecular complexity index is 923. The van der Waals surface area contributed by atoms with Gasteiger partial charge in [-0.15, -0.1) is 0 Å². The number of nitrogens with zero attached hydrogens (tertiary/aromatic N) is 4. The zero-order valence-electron chi connectivity index (χ0n) is 12.4. The normalized spacial score (nSPS) is 11.3. The van der Waals surface area contributed by atoms with Crippen LogP contribution in [0.3, 0.4) is 0 Å². The molecule has 0 aliphatic carbocycles. The molecular formula is C15H10F3N5O2. The molecule has 3 rings (SSSR count). The highest BCUT2D eigenvalue weighted by Crippen LogP contribution is 2.30. The van der Waals surface area contributed by atoms with Crippen molar-refractivity contribution >= 4 is 17.2 Å². The number of anilines is 2. The van der Waals surface area contributed by atoms with Crippen molar-refractivity contribution in [1.82, 2.24) is 14.8 Å². The number of hydrogen-bond acceptors (Lipinski definition) is 5. The summed E-state index contributed by atoms with van der Waals surface area (Å²) in [6.45, 7) is 0. The topological polar surface area (TPSA) is 85.9 Å². The molecule has 0 unspecified atom stereocenters. The molecule has 0 spiro atoms. The molecule has 0 atom stereocenters. The monoisotopic (exact) mass is 349 g/mol. The van der Waals surface area contributed by atoms with Crippen LogP contribution in [0.15, 0.2) is 55.0 Å². The van der Waals surface area contributed by atoms with Crippen LogP contribution in [0.5, 0.6) is 0 Å². The molecular weight excluding hydrogens is 339 g/mol. The number of nitro groups is 1. The van der Waals surface area contributed by atoms with E-state index in [0.29, 0.717) is 5.69 Å². The molecule has 7 nitrogen and oxygen atoms in total. The molecule has 0 radical (unpaired) electrons. The van der Waals surface area contributed by atoms with Crippen LogP contribution in [-0.2, 0) is 6.18 Å². The van der Waals surface area contributed by atoms with Crippen LogP contribution in [0, 0.1) is 10.1 Å². The average molecular weight is 349 g/mol. The van der Waals surface area contributed by atoms with E-state index in [1.54, 1.807) is 0 Å². The summed E-state index contributed by atoms with van der Waals surface area (Å²) in [6.07, 6.45) is -0.335. The van der Waals surface area contributed by atoms with Crippen molar-refractivity contribution in [3.63, 3.8) is 0 Å². The number of benzene rings is 1. The van der Waals surface area contributed by atoms with Crippen LogP contribution in [0.25, 0.3) is 5.69 Å². The summed E-state index contributed by atoms with van der Waals surface area (Å²) in [5, 5.41) is 17.7. The van der Waals surface area contributed by atoms with Gasteiger partial charge in [0.2, 0.25) is 5.82 Å². The zero-order chi connectivity index (χ0) is 18.0. The molecule has 0 aliphatic rings. The molecule has 0 amide bonds. The molecule has 2 aromatic heterocycles. The summed E-state index contributed by atoms with van der Waals surface area (Å²) >= 11 is 0. The lowest BCUT2D eigenvalue weighted by Crippen LogP contribution is -2.06. The molecule has 25 heavy (non-hydrogen) atoms. The third-order valence-corrected chi connectivity index (χ3v) is 3.27. The van der Waals surface area contributed by atoms with Gasteiger partial charge in [-0.25, -0.2) is 9.67 Å². The Morgan fingerprint density at radius 3 is 2.72 bits per heavy atom. The summed E-state index contributed by atoms with van der Waals surface area (Å²) in [7, 11) is 0. The zero-order valence-corrected chi connectivity index (χ0v) is 12.4. The third-order valence-electron chi connectivity index (χ3n) is 3.27. The second-order valence-corrected chi connectivity index (χ2v) is 4.97. The summed E-state index contributed by atoms with van der Waals surface area (Å²) in [5.41, 5.74) is -0.470. The highest BCUT2D eigenvalue weighted by molar-refractivity contribution is 5.64. The Hall–Kier alpha value is -3.43. The van der Waals surface area contributed by atoms with E-state index in [2.05, 4.69) is 15.4 Å². The minimum Gasteiger partial charge on any atom is -0.332 e. The van der Waals surface area contributed by atoms with Crippen molar-refractivity contribution in [3.05, 3.63) is 70.7 Å². The lowest BCUT2D eigenvalue weighted by atomic mass is 10.2. The molecule has 128 valence electrons. The Labute approximate surface area is 138 Å². The van der Waals surface area contributed by atoms with E-state index in [-0.39, 0.29) is 17.2 Å². The van der Waals surface area contributed by atoms with E-state index < -0.39 is 16.7 Å². The maximum Gasteiger partial charge on any atom is 0.416 e. The number of halogens is 3. The summed E-state index contributed by atoms with van der Waals surface area (Å²) in [4.78, 5) is 14.3. The summed E-state index contributed by atoms with van der Waals surface area (Å²) in [5.74, 6) is 0.0103. The molecule has 0 fully saturated rings. The quantitative estimate of drug-likeness (QED) is 0.570. The fourth-order valence-corrected chi connectivity index (χ4v) is 2.13. The Balaban J connectivity index is 1.88. The minimum absolute atomic E-state index is 0.0103. The largest absolute Gasteiger partial charge is 0.416 e. The minimum atomic E-state index is -4.46. The number of hydrogen-bond donors (Lipinski definition) is 1. The number of pyridine rings is 1. The SMILES string of the molecule is O=[N+]([O-])c1cccnc1Nc1cnn(-c2cccc(C(F)(F)F)c2)c1. The van der Waals surface area contributed by atoms with Gasteiger partial charge in [0.15, 0.2) is 0 Å². The molecule has 10 heteroatoms. The number of nitrogens with one attached hydrogen (secondary N) is 1. The van der Waals surface area contributed by atoms with Crippen LogP contribution >= 0.6 is 0 Å². The van der Waals surface area contributed by atoms with Crippen LogP contribution in [0.4, 0.5) is 30.4 Å². The van der Waals surface area contributed by atoms with Gasteiger partial charge in [-0.2, -0.15) is 18.3 Å². The van der Waals surface area contributed by atoms with E-state index in [9.17, 15) is 23.3 Å². The lowest BCUT2D eigenvalue weighted by molar-refractivity contribution is -0.384. The second-order valence-electron chi connectivity index (χ2n) is 4.97. The van der Waals surface area contributed by atoms with E-state index in [0.717, 1.165) is 12.1 Å². The molecule has 0 bridgehead atoms. The first-order valence-corrected chi connectivity index (χ1v) is 6.93.